The van der Waals surface area contributed by atoms with Crippen LogP contribution in [0.5, 0.6) is 0 Å². The van der Waals surface area contributed by atoms with Crippen molar-refractivity contribution >= 4 is 5.97 Å². The van der Waals surface area contributed by atoms with Crippen LogP contribution < -0.4 is 0 Å². The van der Waals surface area contributed by atoms with Crippen molar-refractivity contribution in [2.24, 2.45) is 23.7 Å². The summed E-state index contributed by atoms with van der Waals surface area (Å²) in [5, 5.41) is 10.5. The molecule has 0 spiro atoms. The van der Waals surface area contributed by atoms with Gasteiger partial charge in [0.2, 0.25) is 0 Å². The number of aliphatic hydroxyl groups excluding tert-OH is 1. The topological polar surface area (TPSA) is 46.5 Å². The standard InChI is InChI=1S/C20H36O3/c1-14(2)18(21)15(3)19(16-10-6-4-7-11-16)23-20(22)17-12-8-5-9-13-17/h14-19,21H,4-13H2,1-3H3/t15-,18+,19-/m1/s1. The second kappa shape index (κ2) is 9.05. The van der Waals surface area contributed by atoms with E-state index in [1.807, 2.05) is 13.8 Å². The Bertz CT molecular complexity index is 354. The molecule has 2 aliphatic rings. The lowest BCUT2D eigenvalue weighted by molar-refractivity contribution is -0.166. The van der Waals surface area contributed by atoms with Crippen LogP contribution in [-0.4, -0.2) is 23.3 Å². The number of rotatable bonds is 6. The lowest BCUT2D eigenvalue weighted by Crippen LogP contribution is -2.42. The predicted molar refractivity (Wildman–Crippen MR) is 93.0 cm³/mol. The van der Waals surface area contributed by atoms with Crippen molar-refractivity contribution in [3.8, 4) is 0 Å². The minimum absolute atomic E-state index is 0.00285. The summed E-state index contributed by atoms with van der Waals surface area (Å²) in [5.74, 6) is 0.746. The molecule has 0 unspecified atom stereocenters. The van der Waals surface area contributed by atoms with E-state index in [1.165, 1.54) is 25.7 Å². The molecule has 0 bridgehead atoms. The van der Waals surface area contributed by atoms with E-state index in [4.69, 9.17) is 4.74 Å². The maximum absolute atomic E-state index is 12.6. The van der Waals surface area contributed by atoms with Crippen LogP contribution in [0.15, 0.2) is 0 Å². The second-order valence-corrected chi connectivity index (χ2v) is 8.23. The normalized spacial score (nSPS) is 25.1. The van der Waals surface area contributed by atoms with Crippen LogP contribution in [0.2, 0.25) is 0 Å². The Kier molecular flexibility index (Phi) is 7.39. The highest BCUT2D eigenvalue weighted by Gasteiger charge is 2.37. The third-order valence-corrected chi connectivity index (χ3v) is 6.05. The van der Waals surface area contributed by atoms with Gasteiger partial charge in [-0.05, 0) is 37.5 Å². The summed E-state index contributed by atoms with van der Waals surface area (Å²) in [6.07, 6.45) is 11.0. The molecule has 2 saturated carbocycles. The summed E-state index contributed by atoms with van der Waals surface area (Å²) >= 11 is 0. The summed E-state index contributed by atoms with van der Waals surface area (Å²) < 4.78 is 6.06. The molecule has 1 N–H and O–H groups in total. The van der Waals surface area contributed by atoms with E-state index < -0.39 is 6.10 Å². The first-order chi connectivity index (χ1) is 11.0. The molecule has 0 aromatic heterocycles. The van der Waals surface area contributed by atoms with Crippen molar-refractivity contribution in [3.63, 3.8) is 0 Å². The molecule has 3 heteroatoms. The first kappa shape index (κ1) is 18.8. The van der Waals surface area contributed by atoms with Crippen molar-refractivity contribution in [3.05, 3.63) is 0 Å². The molecule has 134 valence electrons. The summed E-state index contributed by atoms with van der Waals surface area (Å²) in [6, 6.07) is 0. The molecule has 0 heterocycles. The summed E-state index contributed by atoms with van der Waals surface area (Å²) in [5.41, 5.74) is 0. The zero-order chi connectivity index (χ0) is 16.8. The van der Waals surface area contributed by atoms with E-state index in [-0.39, 0.29) is 29.8 Å². The predicted octanol–water partition coefficient (Wildman–Crippen LogP) is 4.71. The lowest BCUT2D eigenvalue weighted by atomic mass is 9.77. The van der Waals surface area contributed by atoms with Gasteiger partial charge in [-0.1, -0.05) is 59.3 Å². The molecular formula is C20H36O3. The van der Waals surface area contributed by atoms with E-state index in [0.29, 0.717) is 5.92 Å². The Morgan fingerprint density at radius 3 is 1.96 bits per heavy atom. The summed E-state index contributed by atoms with van der Waals surface area (Å²) in [7, 11) is 0. The highest BCUT2D eigenvalue weighted by Crippen LogP contribution is 2.35. The molecule has 3 atom stereocenters. The number of hydrogen-bond acceptors (Lipinski definition) is 3. The molecule has 0 amide bonds. The zero-order valence-corrected chi connectivity index (χ0v) is 15.3. The van der Waals surface area contributed by atoms with Gasteiger partial charge in [-0.25, -0.2) is 0 Å². The fourth-order valence-corrected chi connectivity index (χ4v) is 4.47. The average molecular weight is 325 g/mol. The molecule has 0 aliphatic heterocycles. The highest BCUT2D eigenvalue weighted by molar-refractivity contribution is 5.72. The van der Waals surface area contributed by atoms with Gasteiger partial charge in [-0.15, -0.1) is 0 Å². The van der Waals surface area contributed by atoms with Crippen LogP contribution in [0.1, 0.15) is 85.0 Å². The second-order valence-electron chi connectivity index (χ2n) is 8.23. The van der Waals surface area contributed by atoms with Gasteiger partial charge in [-0.3, -0.25) is 4.79 Å². The molecule has 0 radical (unpaired) electrons. The minimum Gasteiger partial charge on any atom is -0.461 e. The van der Waals surface area contributed by atoms with Gasteiger partial charge < -0.3 is 9.84 Å². The fraction of sp³-hybridized carbons (Fsp3) is 0.950. The van der Waals surface area contributed by atoms with E-state index in [1.54, 1.807) is 0 Å². The number of carbonyl (C=O) groups excluding carboxylic acids is 1. The van der Waals surface area contributed by atoms with Crippen molar-refractivity contribution in [1.82, 2.24) is 0 Å². The molecule has 23 heavy (non-hydrogen) atoms. The smallest absolute Gasteiger partial charge is 0.309 e. The van der Waals surface area contributed by atoms with Gasteiger partial charge in [-0.2, -0.15) is 0 Å². The van der Waals surface area contributed by atoms with Gasteiger partial charge in [0.15, 0.2) is 0 Å². The minimum atomic E-state index is -0.402. The van der Waals surface area contributed by atoms with Crippen LogP contribution in [-0.2, 0) is 9.53 Å². The van der Waals surface area contributed by atoms with E-state index in [0.717, 1.165) is 38.5 Å². The van der Waals surface area contributed by atoms with Crippen LogP contribution in [0.4, 0.5) is 0 Å². The molecule has 0 aromatic carbocycles. The van der Waals surface area contributed by atoms with Crippen molar-refractivity contribution in [2.45, 2.75) is 97.2 Å². The molecule has 0 aromatic rings. The molecule has 2 aliphatic carbocycles. The van der Waals surface area contributed by atoms with Crippen molar-refractivity contribution in [2.75, 3.05) is 0 Å². The Hall–Kier alpha value is -0.570. The van der Waals surface area contributed by atoms with Crippen LogP contribution in [0, 0.1) is 23.7 Å². The number of ether oxygens (including phenoxy) is 1. The number of esters is 1. The molecule has 3 nitrogen and oxygen atoms in total. The first-order valence-electron chi connectivity index (χ1n) is 9.89. The maximum Gasteiger partial charge on any atom is 0.309 e. The third-order valence-electron chi connectivity index (χ3n) is 6.05. The summed E-state index contributed by atoms with van der Waals surface area (Å²) in [6.45, 7) is 6.15. The number of aliphatic hydroxyl groups is 1. The fourth-order valence-electron chi connectivity index (χ4n) is 4.47. The van der Waals surface area contributed by atoms with Crippen LogP contribution >= 0.6 is 0 Å². The SMILES string of the molecule is CC(C)[C@H](O)[C@@H](C)[C@@H](OC(=O)C1CCCCC1)C1CCCCC1. The van der Waals surface area contributed by atoms with Gasteiger partial charge in [0.05, 0.1) is 12.0 Å². The van der Waals surface area contributed by atoms with Gasteiger partial charge in [0.25, 0.3) is 0 Å². The maximum atomic E-state index is 12.6. The molecule has 2 fully saturated rings. The monoisotopic (exact) mass is 324 g/mol. The highest BCUT2D eigenvalue weighted by atomic mass is 16.5. The van der Waals surface area contributed by atoms with Crippen LogP contribution in [0.3, 0.4) is 0 Å². The Morgan fingerprint density at radius 2 is 1.43 bits per heavy atom. The van der Waals surface area contributed by atoms with Crippen molar-refractivity contribution < 1.29 is 14.6 Å². The van der Waals surface area contributed by atoms with Gasteiger partial charge in [0.1, 0.15) is 6.10 Å². The lowest BCUT2D eigenvalue weighted by Gasteiger charge is -2.37. The largest absolute Gasteiger partial charge is 0.461 e. The van der Waals surface area contributed by atoms with Gasteiger partial charge >= 0.3 is 5.97 Å². The van der Waals surface area contributed by atoms with E-state index >= 15 is 0 Å². The van der Waals surface area contributed by atoms with Crippen LogP contribution in [0.25, 0.3) is 0 Å². The quantitative estimate of drug-likeness (QED) is 0.720. The van der Waals surface area contributed by atoms with Gasteiger partial charge in [0, 0.05) is 5.92 Å². The average Bonchev–Trinajstić information content (AvgIpc) is 2.59. The number of carbonyl (C=O) groups is 1. The zero-order valence-electron chi connectivity index (χ0n) is 15.3. The Labute approximate surface area is 142 Å². The Balaban J connectivity index is 2.03. The van der Waals surface area contributed by atoms with E-state index in [2.05, 4.69) is 6.92 Å². The Morgan fingerprint density at radius 1 is 0.913 bits per heavy atom. The van der Waals surface area contributed by atoms with Crippen molar-refractivity contribution in [1.29, 1.82) is 0 Å². The molecular weight excluding hydrogens is 288 g/mol. The number of hydrogen-bond donors (Lipinski definition) is 1. The first-order valence-corrected chi connectivity index (χ1v) is 9.89. The third kappa shape index (κ3) is 5.20. The molecule has 0 saturated heterocycles. The summed E-state index contributed by atoms with van der Waals surface area (Å²) in [4.78, 5) is 12.6. The molecule has 2 rings (SSSR count). The van der Waals surface area contributed by atoms with E-state index in [9.17, 15) is 9.90 Å².